The van der Waals surface area contributed by atoms with Crippen molar-refractivity contribution in [2.75, 3.05) is 27.0 Å². The Balaban J connectivity index is 1.48. The molecule has 0 saturated carbocycles. The van der Waals surface area contributed by atoms with Gasteiger partial charge in [0.15, 0.2) is 11.6 Å². The van der Waals surface area contributed by atoms with E-state index in [4.69, 9.17) is 11.6 Å². The topological polar surface area (TPSA) is 117 Å². The standard InChI is InChI=1S/C21H12ClFN6O3S3/c22-8-3-11-18(25-14(30)6-33-11)27-16(8)17-21(32)29(10-1-2-24-5-13(10)35-17)20-9(23)4-12-19(28-20)26-15(31)7-34-12/h1-5,17H,6-7H2,(H,25,27,30)(H,26,28,31). The van der Waals surface area contributed by atoms with Gasteiger partial charge in [-0.3, -0.25) is 24.3 Å². The SMILES string of the molecule is O=C1CSc2cc(Cl)c(C3Sc4cnccc4N(c4nc5c(cc4F)SCC(=O)N5)C3=O)nc2N1. The van der Waals surface area contributed by atoms with E-state index in [1.165, 1.54) is 47.5 Å². The smallest absolute Gasteiger partial charge is 0.252 e. The van der Waals surface area contributed by atoms with Crippen molar-refractivity contribution in [2.24, 2.45) is 0 Å². The molecule has 6 rings (SSSR count). The number of thioether (sulfide) groups is 3. The molecule has 9 nitrogen and oxygen atoms in total. The molecule has 0 spiro atoms. The van der Waals surface area contributed by atoms with Crippen LogP contribution in [0.5, 0.6) is 0 Å². The zero-order valence-electron chi connectivity index (χ0n) is 17.4. The Morgan fingerprint density at radius 3 is 2.43 bits per heavy atom. The van der Waals surface area contributed by atoms with Crippen molar-refractivity contribution in [3.05, 3.63) is 47.1 Å². The summed E-state index contributed by atoms with van der Waals surface area (Å²) >= 11 is 10.2. The number of carbonyl (C=O) groups is 3. The largest absolute Gasteiger partial charge is 0.309 e. The molecule has 176 valence electrons. The van der Waals surface area contributed by atoms with E-state index in [-0.39, 0.29) is 45.7 Å². The van der Waals surface area contributed by atoms with Gasteiger partial charge in [-0.1, -0.05) is 11.6 Å². The molecule has 6 heterocycles. The van der Waals surface area contributed by atoms with E-state index in [2.05, 4.69) is 25.6 Å². The molecule has 14 heteroatoms. The van der Waals surface area contributed by atoms with E-state index in [9.17, 15) is 14.4 Å². The second kappa shape index (κ2) is 8.66. The van der Waals surface area contributed by atoms with Crippen LogP contribution in [0.1, 0.15) is 10.9 Å². The number of hydrogen-bond donors (Lipinski definition) is 2. The molecule has 0 aliphatic carbocycles. The van der Waals surface area contributed by atoms with Crippen LogP contribution in [0.4, 0.5) is 27.5 Å². The fourth-order valence-electron chi connectivity index (χ4n) is 3.76. The van der Waals surface area contributed by atoms with E-state index >= 15 is 4.39 Å². The third kappa shape index (κ3) is 3.92. The highest BCUT2D eigenvalue weighted by Gasteiger charge is 2.40. The summed E-state index contributed by atoms with van der Waals surface area (Å²) in [5.41, 5.74) is 0.621. The van der Waals surface area contributed by atoms with Crippen LogP contribution in [-0.4, -0.2) is 44.2 Å². The summed E-state index contributed by atoms with van der Waals surface area (Å²) in [7, 11) is 0. The summed E-state index contributed by atoms with van der Waals surface area (Å²) in [5.74, 6) is -1.07. The summed E-state index contributed by atoms with van der Waals surface area (Å²) < 4.78 is 15.3. The van der Waals surface area contributed by atoms with Gasteiger partial charge in [0.05, 0.1) is 42.6 Å². The van der Waals surface area contributed by atoms with Gasteiger partial charge in [-0.2, -0.15) is 0 Å². The molecule has 35 heavy (non-hydrogen) atoms. The molecule has 3 amide bonds. The predicted octanol–water partition coefficient (Wildman–Crippen LogP) is 4.26. The lowest BCUT2D eigenvalue weighted by Gasteiger charge is -2.33. The molecular weight excluding hydrogens is 535 g/mol. The number of hydrogen-bond acceptors (Lipinski definition) is 9. The Kier molecular flexibility index (Phi) is 5.59. The monoisotopic (exact) mass is 546 g/mol. The van der Waals surface area contributed by atoms with Crippen molar-refractivity contribution in [1.82, 2.24) is 15.0 Å². The van der Waals surface area contributed by atoms with Gasteiger partial charge in [-0.25, -0.2) is 14.4 Å². The summed E-state index contributed by atoms with van der Waals surface area (Å²) in [6.45, 7) is 0. The van der Waals surface area contributed by atoms with Gasteiger partial charge in [0.25, 0.3) is 5.91 Å². The number of rotatable bonds is 2. The predicted molar refractivity (Wildman–Crippen MR) is 132 cm³/mol. The number of aromatic nitrogens is 3. The van der Waals surface area contributed by atoms with Crippen LogP contribution in [0, 0.1) is 5.82 Å². The summed E-state index contributed by atoms with van der Waals surface area (Å²) in [6.07, 6.45) is 3.05. The second-order valence-electron chi connectivity index (χ2n) is 7.53. The highest BCUT2D eigenvalue weighted by atomic mass is 35.5. The minimum absolute atomic E-state index is 0.153. The first-order valence-electron chi connectivity index (χ1n) is 10.1. The van der Waals surface area contributed by atoms with Crippen LogP contribution in [0.15, 0.2) is 45.3 Å². The third-order valence-corrected chi connectivity index (χ3v) is 8.87. The van der Waals surface area contributed by atoms with Crippen molar-refractivity contribution >= 4 is 87.7 Å². The van der Waals surface area contributed by atoms with E-state index in [0.717, 1.165) is 4.90 Å². The fourth-order valence-corrected chi connectivity index (χ4v) is 6.88. The molecule has 0 aromatic carbocycles. The molecule has 0 saturated heterocycles. The van der Waals surface area contributed by atoms with E-state index in [1.807, 2.05) is 0 Å². The first-order chi connectivity index (χ1) is 16.9. The summed E-state index contributed by atoms with van der Waals surface area (Å²) in [4.78, 5) is 53.4. The first-order valence-corrected chi connectivity index (χ1v) is 13.3. The van der Waals surface area contributed by atoms with E-state index in [0.29, 0.717) is 26.2 Å². The molecule has 2 N–H and O–H groups in total. The number of halogens is 2. The molecule has 1 unspecified atom stereocenters. The van der Waals surface area contributed by atoms with Crippen molar-refractivity contribution in [1.29, 1.82) is 0 Å². The van der Waals surface area contributed by atoms with Crippen LogP contribution in [-0.2, 0) is 14.4 Å². The number of pyridine rings is 3. The van der Waals surface area contributed by atoms with Gasteiger partial charge in [-0.05, 0) is 18.2 Å². The van der Waals surface area contributed by atoms with Gasteiger partial charge < -0.3 is 10.6 Å². The lowest BCUT2D eigenvalue weighted by atomic mass is 10.2. The number of amides is 3. The van der Waals surface area contributed by atoms with Crippen LogP contribution in [0.2, 0.25) is 5.02 Å². The third-order valence-electron chi connectivity index (χ3n) is 5.28. The molecule has 3 aliphatic heterocycles. The number of fused-ring (bicyclic) bond motifs is 3. The van der Waals surface area contributed by atoms with Gasteiger partial charge in [-0.15, -0.1) is 35.3 Å². The number of anilines is 4. The molecule has 0 fully saturated rings. The Labute approximate surface area is 215 Å². The molecule has 3 aromatic rings. The zero-order valence-corrected chi connectivity index (χ0v) is 20.6. The molecule has 0 radical (unpaired) electrons. The average Bonchev–Trinajstić information content (AvgIpc) is 2.84. The van der Waals surface area contributed by atoms with Crippen LogP contribution < -0.4 is 15.5 Å². The molecule has 0 bridgehead atoms. The summed E-state index contributed by atoms with van der Waals surface area (Å²) in [5, 5.41) is 4.61. The highest BCUT2D eigenvalue weighted by molar-refractivity contribution is 8.01. The Morgan fingerprint density at radius 2 is 1.69 bits per heavy atom. The summed E-state index contributed by atoms with van der Waals surface area (Å²) in [6, 6.07) is 4.50. The van der Waals surface area contributed by atoms with Gasteiger partial charge in [0.2, 0.25) is 11.8 Å². The van der Waals surface area contributed by atoms with Crippen LogP contribution >= 0.6 is 46.9 Å². The molecule has 3 aliphatic rings. The Morgan fingerprint density at radius 1 is 1.00 bits per heavy atom. The maximum Gasteiger partial charge on any atom is 0.252 e. The zero-order chi connectivity index (χ0) is 24.3. The lowest BCUT2D eigenvalue weighted by Crippen LogP contribution is -2.36. The quantitative estimate of drug-likeness (QED) is 0.486. The van der Waals surface area contributed by atoms with Crippen LogP contribution in [0.3, 0.4) is 0 Å². The maximum atomic E-state index is 15.3. The Bertz CT molecular complexity index is 1460. The van der Waals surface area contributed by atoms with E-state index in [1.54, 1.807) is 18.3 Å². The first kappa shape index (κ1) is 22.6. The van der Waals surface area contributed by atoms with Gasteiger partial charge in [0.1, 0.15) is 16.9 Å². The number of nitrogens with one attached hydrogen (secondary N) is 2. The van der Waals surface area contributed by atoms with Gasteiger partial charge in [0, 0.05) is 12.4 Å². The van der Waals surface area contributed by atoms with Crippen molar-refractivity contribution in [2.45, 2.75) is 19.9 Å². The minimum Gasteiger partial charge on any atom is -0.309 e. The molecule has 1 atom stereocenters. The minimum atomic E-state index is -0.963. The van der Waals surface area contributed by atoms with Crippen molar-refractivity contribution in [3.8, 4) is 0 Å². The Hall–Kier alpha value is -2.87. The normalized spacial score (nSPS) is 18.9. The van der Waals surface area contributed by atoms with Crippen molar-refractivity contribution in [3.63, 3.8) is 0 Å². The molecular formula is C21H12ClFN6O3S3. The van der Waals surface area contributed by atoms with Crippen LogP contribution in [0.25, 0.3) is 0 Å². The number of carbonyl (C=O) groups excluding carboxylic acids is 3. The lowest BCUT2D eigenvalue weighted by molar-refractivity contribution is -0.118. The fraction of sp³-hybridized carbons (Fsp3) is 0.143. The number of nitrogens with zero attached hydrogens (tertiary/aromatic N) is 4. The highest BCUT2D eigenvalue weighted by Crippen LogP contribution is 2.51. The maximum absolute atomic E-state index is 15.3. The van der Waals surface area contributed by atoms with E-state index < -0.39 is 17.0 Å². The second-order valence-corrected chi connectivity index (χ2v) is 11.1. The molecule has 3 aromatic heterocycles. The van der Waals surface area contributed by atoms with Crippen molar-refractivity contribution < 1.29 is 18.8 Å². The van der Waals surface area contributed by atoms with Gasteiger partial charge >= 0.3 is 0 Å². The average molecular weight is 547 g/mol.